The van der Waals surface area contributed by atoms with Crippen LogP contribution in [-0.2, 0) is 18.4 Å². The lowest BCUT2D eigenvalue weighted by Gasteiger charge is -2.30. The molecule has 9 heteroatoms. The first kappa shape index (κ1) is 87.4. The van der Waals surface area contributed by atoms with Gasteiger partial charge in [0.2, 0.25) is 5.91 Å². The van der Waals surface area contributed by atoms with Gasteiger partial charge in [0.1, 0.15) is 13.2 Å². The first-order valence-electron chi connectivity index (χ1n) is 37.7. The van der Waals surface area contributed by atoms with Gasteiger partial charge in [-0.25, -0.2) is 0 Å². The molecule has 2 N–H and O–H groups in total. The van der Waals surface area contributed by atoms with E-state index in [1.165, 1.54) is 161 Å². The highest BCUT2D eigenvalue weighted by Gasteiger charge is 2.24. The van der Waals surface area contributed by atoms with Crippen LogP contribution >= 0.6 is 7.82 Å². The van der Waals surface area contributed by atoms with Crippen molar-refractivity contribution in [2.45, 2.75) is 328 Å². The molecule has 0 saturated carbocycles. The number of carbonyl (C=O) groups excluding carboxylic acids is 1. The summed E-state index contributed by atoms with van der Waals surface area (Å²) in [7, 11) is 1.28. The Morgan fingerprint density at radius 3 is 0.978 bits per heavy atom. The number of nitrogens with one attached hydrogen (secondary N) is 1. The number of rotatable bonds is 68. The van der Waals surface area contributed by atoms with Crippen molar-refractivity contribution in [3.63, 3.8) is 0 Å². The highest BCUT2D eigenvalue weighted by molar-refractivity contribution is 7.45. The molecule has 0 rings (SSSR count). The third kappa shape index (κ3) is 73.7. The Morgan fingerprint density at radius 1 is 0.396 bits per heavy atom. The van der Waals surface area contributed by atoms with Crippen LogP contribution in [-0.4, -0.2) is 68.5 Å². The number of phosphoric ester groups is 1. The highest BCUT2D eigenvalue weighted by Crippen LogP contribution is 2.38. The minimum absolute atomic E-state index is 0.0000737. The van der Waals surface area contributed by atoms with Gasteiger partial charge in [0.05, 0.1) is 39.9 Å². The minimum Gasteiger partial charge on any atom is -0.756 e. The Bertz CT molecular complexity index is 2000. The Kier molecular flexibility index (Phi) is 67.9. The Hall–Kier alpha value is -3.62. The quantitative estimate of drug-likeness (QED) is 0.0272. The maximum Gasteiger partial charge on any atom is 0.268 e. The smallest absolute Gasteiger partial charge is 0.268 e. The lowest BCUT2D eigenvalue weighted by molar-refractivity contribution is -0.870. The number of phosphoric acid groups is 1. The van der Waals surface area contributed by atoms with Crippen LogP contribution in [0.1, 0.15) is 316 Å². The molecule has 0 aromatic carbocycles. The van der Waals surface area contributed by atoms with Gasteiger partial charge in [-0.3, -0.25) is 9.36 Å². The van der Waals surface area contributed by atoms with E-state index < -0.39 is 20.0 Å². The number of likely N-dealkylation sites (N-methyl/N-ethyl adjacent to an activating group) is 1. The van der Waals surface area contributed by atoms with Crippen LogP contribution < -0.4 is 10.2 Å². The topological polar surface area (TPSA) is 108 Å². The molecule has 0 radical (unpaired) electrons. The number of nitrogens with zero attached hydrogens (tertiary/aromatic N) is 1. The molecule has 1 amide bonds. The molecule has 0 heterocycles. The van der Waals surface area contributed by atoms with Crippen molar-refractivity contribution < 1.29 is 32.9 Å². The fourth-order valence-corrected chi connectivity index (χ4v) is 11.3. The lowest BCUT2D eigenvalue weighted by Crippen LogP contribution is -2.46. The summed E-state index contributed by atoms with van der Waals surface area (Å²) >= 11 is 0. The third-order valence-electron chi connectivity index (χ3n) is 16.3. The Labute approximate surface area is 563 Å². The van der Waals surface area contributed by atoms with E-state index >= 15 is 0 Å². The Morgan fingerprint density at radius 2 is 0.670 bits per heavy atom. The SMILES string of the molecule is CC/C=C\C/C=C\C/C=C\C/C=C\C/C=C\C/C=C\C/C=C\C/C=C\C/C=C\C/C=C\C/C=C\C/C=C\CCCCCCC(=O)NC(COP(=O)([O-])OCC[N+](C)(C)C)C(O)CCCCCCCCCCCCCCCCCCCCCCCCCCCCCC. The second-order valence-corrected chi connectivity index (χ2v) is 27.7. The molecule has 0 aliphatic rings. The number of aliphatic hydroxyl groups excluding tert-OH is 1. The summed E-state index contributed by atoms with van der Waals surface area (Å²) in [5.74, 6) is -0.191. The van der Waals surface area contributed by atoms with Crippen LogP contribution in [0.3, 0.4) is 0 Å². The van der Waals surface area contributed by atoms with Crippen LogP contribution in [0.4, 0.5) is 0 Å². The zero-order chi connectivity index (χ0) is 66.2. The van der Waals surface area contributed by atoms with Gasteiger partial charge < -0.3 is 28.8 Å². The van der Waals surface area contributed by atoms with Gasteiger partial charge in [-0.15, -0.1) is 0 Å². The number of unbranched alkanes of at least 4 members (excludes halogenated alkanes) is 31. The molecule has 0 aromatic heterocycles. The monoisotopic (exact) mass is 1280 g/mol. The van der Waals surface area contributed by atoms with E-state index in [-0.39, 0.29) is 19.1 Å². The van der Waals surface area contributed by atoms with Crippen molar-refractivity contribution in [1.82, 2.24) is 5.32 Å². The number of amides is 1. The number of hydrogen-bond donors (Lipinski definition) is 2. The van der Waals surface area contributed by atoms with E-state index in [0.717, 1.165) is 128 Å². The molecule has 0 saturated heterocycles. The number of carbonyl (C=O) groups is 1. The molecule has 0 aliphatic heterocycles. The van der Waals surface area contributed by atoms with Crippen molar-refractivity contribution in [2.24, 2.45) is 0 Å². The molecule has 3 unspecified atom stereocenters. The maximum absolute atomic E-state index is 13.1. The average molecular weight is 1280 g/mol. The number of hydrogen-bond acceptors (Lipinski definition) is 6. The van der Waals surface area contributed by atoms with Crippen LogP contribution in [0.25, 0.3) is 0 Å². The van der Waals surface area contributed by atoms with E-state index in [0.29, 0.717) is 23.9 Å². The number of quaternary nitrogens is 1. The Balaban J connectivity index is 4.14. The molecule has 0 spiro atoms. The van der Waals surface area contributed by atoms with Crippen molar-refractivity contribution in [3.8, 4) is 0 Å². The third-order valence-corrected chi connectivity index (χ3v) is 17.3. The maximum atomic E-state index is 13.1. The number of aliphatic hydroxyl groups is 1. The van der Waals surface area contributed by atoms with Crippen LogP contribution in [0.5, 0.6) is 0 Å². The van der Waals surface area contributed by atoms with Crippen LogP contribution in [0, 0.1) is 0 Å². The fraction of sp³-hybridized carbons (Fsp3) is 0.695. The summed E-state index contributed by atoms with van der Waals surface area (Å²) in [5.41, 5.74) is 0. The highest BCUT2D eigenvalue weighted by atomic mass is 31.2. The minimum atomic E-state index is -4.60. The molecule has 0 aliphatic carbocycles. The summed E-state index contributed by atoms with van der Waals surface area (Å²) in [5, 5.41) is 14.1. The average Bonchev–Trinajstić information content (AvgIpc) is 3.59. The normalized spacial score (nSPS) is 14.4. The van der Waals surface area contributed by atoms with Gasteiger partial charge in [-0.1, -0.05) is 352 Å². The molecule has 8 nitrogen and oxygen atoms in total. The molecular formula is C82H143N2O6P. The van der Waals surface area contributed by atoms with E-state index in [4.69, 9.17) is 9.05 Å². The van der Waals surface area contributed by atoms with Gasteiger partial charge in [0, 0.05) is 6.42 Å². The lowest BCUT2D eigenvalue weighted by atomic mass is 10.0. The van der Waals surface area contributed by atoms with Gasteiger partial charge in [-0.2, -0.15) is 0 Å². The number of allylic oxidation sites excluding steroid dienone is 24. The van der Waals surface area contributed by atoms with Gasteiger partial charge in [0.25, 0.3) is 7.82 Å². The van der Waals surface area contributed by atoms with E-state index in [9.17, 15) is 19.4 Å². The van der Waals surface area contributed by atoms with Crippen LogP contribution in [0.2, 0.25) is 0 Å². The summed E-state index contributed by atoms with van der Waals surface area (Å²) in [6, 6.07) is -0.827. The molecule has 0 aromatic rings. The van der Waals surface area contributed by atoms with Crippen LogP contribution in [0.15, 0.2) is 146 Å². The van der Waals surface area contributed by atoms with Crippen molar-refractivity contribution >= 4 is 13.7 Å². The van der Waals surface area contributed by atoms with E-state index in [1.807, 2.05) is 21.1 Å². The summed E-state index contributed by atoms with van der Waals surface area (Å²) in [6.07, 6.45) is 108. The summed E-state index contributed by atoms with van der Waals surface area (Å²) < 4.78 is 23.5. The summed E-state index contributed by atoms with van der Waals surface area (Å²) in [6.45, 7) is 4.61. The van der Waals surface area contributed by atoms with Gasteiger partial charge >= 0.3 is 0 Å². The molecule has 0 bridgehead atoms. The predicted octanol–water partition coefficient (Wildman–Crippen LogP) is 24.1. The van der Waals surface area contributed by atoms with Gasteiger partial charge in [0.15, 0.2) is 0 Å². The zero-order valence-corrected chi connectivity index (χ0v) is 60.6. The second-order valence-electron chi connectivity index (χ2n) is 26.3. The predicted molar refractivity (Wildman–Crippen MR) is 398 cm³/mol. The standard InChI is InChI=1S/C82H143N2O6P/c1-6-8-10-12-14-16-18-20-22-24-26-28-30-32-34-36-37-38-39-40-41-42-43-44-45-46-47-48-50-52-54-56-58-60-62-64-66-68-70-72-74-76-82(86)83-80(79-90-91(87,88)89-78-77-84(3,4)5)81(85)75-73-71-69-67-65-63-61-59-57-55-53-51-49-35-33-31-29-27-25-23-21-19-17-15-13-11-9-7-2/h8,10,14,16,20,22,26,28,32,34,37-38,40-41,43-44,46-47,50,52,56,58,62,64,80-81,85H,6-7,9,11-13,15,17-19,21,23-25,27,29-31,33,35-36,39,42,45,48-49,51,53-55,57,59-61,63,65-79H2,1-5H3,(H-,83,86,87,88)/b10-8-,16-14-,22-20-,28-26-,34-32-,38-37-,41-40-,44-43-,47-46-,52-50-,58-56-,64-62-. The van der Waals surface area contributed by atoms with E-state index in [2.05, 4.69) is 165 Å². The summed E-state index contributed by atoms with van der Waals surface area (Å²) in [4.78, 5) is 25.7. The molecule has 0 fully saturated rings. The molecule has 91 heavy (non-hydrogen) atoms. The van der Waals surface area contributed by atoms with Crippen molar-refractivity contribution in [3.05, 3.63) is 146 Å². The first-order valence-corrected chi connectivity index (χ1v) is 39.1. The zero-order valence-electron chi connectivity index (χ0n) is 59.7. The van der Waals surface area contributed by atoms with Crippen molar-refractivity contribution in [2.75, 3.05) is 40.9 Å². The molecule has 522 valence electrons. The van der Waals surface area contributed by atoms with Crippen molar-refractivity contribution in [1.29, 1.82) is 0 Å². The van der Waals surface area contributed by atoms with Gasteiger partial charge in [-0.05, 0) is 103 Å². The fourth-order valence-electron chi connectivity index (χ4n) is 10.6. The van der Waals surface area contributed by atoms with E-state index in [1.54, 1.807) is 0 Å². The molecular weight excluding hydrogens is 1140 g/mol. The largest absolute Gasteiger partial charge is 0.756 e. The first-order chi connectivity index (χ1) is 44.5. The second kappa shape index (κ2) is 70.7. The molecule has 3 atom stereocenters.